The summed E-state index contributed by atoms with van der Waals surface area (Å²) in [6.07, 6.45) is 2.33. The molecule has 1 heterocycles. The van der Waals surface area contributed by atoms with Crippen LogP contribution in [0.4, 0.5) is 0 Å². The first-order valence-corrected chi connectivity index (χ1v) is 4.16. The molecule has 1 fully saturated rings. The lowest BCUT2D eigenvalue weighted by Crippen LogP contribution is -2.28. The molecule has 1 aliphatic heterocycles. The van der Waals surface area contributed by atoms with E-state index in [4.69, 9.17) is 0 Å². The molecule has 10 heavy (non-hydrogen) atoms. The molecule has 0 saturated carbocycles. The molecule has 0 unspecified atom stereocenters. The van der Waals surface area contributed by atoms with Crippen LogP contribution in [0.5, 0.6) is 0 Å². The first kappa shape index (κ1) is 8.02. The predicted octanol–water partition coefficient (Wildman–Crippen LogP) is 0.506. The second-order valence-electron chi connectivity index (χ2n) is 2.80. The fourth-order valence-electron chi connectivity index (χ4n) is 1.35. The SMILES string of the molecule is [CH2]CCN1CCCNCC1. The van der Waals surface area contributed by atoms with Gasteiger partial charge in [0.15, 0.2) is 0 Å². The average Bonchev–Trinajstić information content (AvgIpc) is 2.17. The Morgan fingerprint density at radius 2 is 2.20 bits per heavy atom. The Bertz CT molecular complexity index is 75.3. The smallest absolute Gasteiger partial charge is 0.0107 e. The van der Waals surface area contributed by atoms with Crippen molar-refractivity contribution in [1.82, 2.24) is 10.2 Å². The van der Waals surface area contributed by atoms with Crippen molar-refractivity contribution in [2.45, 2.75) is 12.8 Å². The molecule has 2 heteroatoms. The lowest BCUT2D eigenvalue weighted by Gasteiger charge is -2.17. The zero-order chi connectivity index (χ0) is 7.23. The van der Waals surface area contributed by atoms with Crippen molar-refractivity contribution < 1.29 is 0 Å². The van der Waals surface area contributed by atoms with Gasteiger partial charge in [0, 0.05) is 13.1 Å². The first-order valence-electron chi connectivity index (χ1n) is 4.16. The van der Waals surface area contributed by atoms with Crippen molar-refractivity contribution in [3.05, 3.63) is 6.92 Å². The lowest BCUT2D eigenvalue weighted by atomic mass is 10.3. The number of nitrogens with zero attached hydrogens (tertiary/aromatic N) is 1. The molecule has 0 atom stereocenters. The number of rotatable bonds is 2. The van der Waals surface area contributed by atoms with Gasteiger partial charge in [0.05, 0.1) is 0 Å². The molecule has 1 rings (SSSR count). The van der Waals surface area contributed by atoms with Crippen LogP contribution >= 0.6 is 0 Å². The summed E-state index contributed by atoms with van der Waals surface area (Å²) < 4.78 is 0. The summed E-state index contributed by atoms with van der Waals surface area (Å²) in [5.74, 6) is 0. The fourth-order valence-corrected chi connectivity index (χ4v) is 1.35. The van der Waals surface area contributed by atoms with Crippen molar-refractivity contribution >= 4 is 0 Å². The second-order valence-corrected chi connectivity index (χ2v) is 2.80. The molecule has 1 N–H and O–H groups in total. The summed E-state index contributed by atoms with van der Waals surface area (Å²) in [5, 5.41) is 3.37. The van der Waals surface area contributed by atoms with Gasteiger partial charge in [-0.1, -0.05) is 6.92 Å². The van der Waals surface area contributed by atoms with Gasteiger partial charge in [-0.2, -0.15) is 0 Å². The van der Waals surface area contributed by atoms with E-state index in [0.29, 0.717) is 0 Å². The Morgan fingerprint density at radius 1 is 1.30 bits per heavy atom. The standard InChI is InChI=1S/C8H17N2/c1-2-6-10-7-3-4-9-5-8-10/h9H,1-8H2. The molecular weight excluding hydrogens is 124 g/mol. The minimum atomic E-state index is 1.04. The van der Waals surface area contributed by atoms with E-state index >= 15 is 0 Å². The molecule has 0 aliphatic carbocycles. The Kier molecular flexibility index (Phi) is 3.76. The maximum absolute atomic E-state index is 3.85. The van der Waals surface area contributed by atoms with Crippen molar-refractivity contribution in [3.8, 4) is 0 Å². The lowest BCUT2D eigenvalue weighted by molar-refractivity contribution is 0.298. The highest BCUT2D eigenvalue weighted by Gasteiger charge is 2.05. The average molecular weight is 141 g/mol. The Morgan fingerprint density at radius 3 is 3.00 bits per heavy atom. The van der Waals surface area contributed by atoms with E-state index < -0.39 is 0 Å². The van der Waals surface area contributed by atoms with Crippen LogP contribution in [0.2, 0.25) is 0 Å². The third-order valence-corrected chi connectivity index (χ3v) is 1.91. The van der Waals surface area contributed by atoms with Crippen LogP contribution in [-0.2, 0) is 0 Å². The van der Waals surface area contributed by atoms with Crippen LogP contribution in [0, 0.1) is 6.92 Å². The van der Waals surface area contributed by atoms with Gasteiger partial charge in [-0.3, -0.25) is 0 Å². The molecule has 0 spiro atoms. The van der Waals surface area contributed by atoms with Gasteiger partial charge >= 0.3 is 0 Å². The first-order chi connectivity index (χ1) is 4.93. The van der Waals surface area contributed by atoms with E-state index in [1.54, 1.807) is 0 Å². The van der Waals surface area contributed by atoms with E-state index in [9.17, 15) is 0 Å². The molecule has 0 aromatic carbocycles. The van der Waals surface area contributed by atoms with Crippen molar-refractivity contribution in [3.63, 3.8) is 0 Å². The van der Waals surface area contributed by atoms with Gasteiger partial charge < -0.3 is 10.2 Å². The molecule has 1 saturated heterocycles. The highest BCUT2D eigenvalue weighted by atomic mass is 15.1. The van der Waals surface area contributed by atoms with Crippen LogP contribution in [0.3, 0.4) is 0 Å². The van der Waals surface area contributed by atoms with E-state index in [-0.39, 0.29) is 0 Å². The second kappa shape index (κ2) is 4.69. The summed E-state index contributed by atoms with van der Waals surface area (Å²) in [7, 11) is 0. The molecule has 0 amide bonds. The topological polar surface area (TPSA) is 15.3 Å². The number of hydrogen-bond acceptors (Lipinski definition) is 2. The quantitative estimate of drug-likeness (QED) is 0.602. The van der Waals surface area contributed by atoms with Gasteiger partial charge in [-0.25, -0.2) is 0 Å². The van der Waals surface area contributed by atoms with Crippen molar-refractivity contribution in [2.24, 2.45) is 0 Å². The molecule has 1 aliphatic rings. The van der Waals surface area contributed by atoms with Crippen LogP contribution in [0.1, 0.15) is 12.8 Å². The van der Waals surface area contributed by atoms with Crippen LogP contribution in [0.15, 0.2) is 0 Å². The minimum Gasteiger partial charge on any atom is -0.315 e. The van der Waals surface area contributed by atoms with Crippen LogP contribution in [0.25, 0.3) is 0 Å². The summed E-state index contributed by atoms with van der Waals surface area (Å²) in [4.78, 5) is 2.48. The summed E-state index contributed by atoms with van der Waals surface area (Å²) in [5.41, 5.74) is 0. The van der Waals surface area contributed by atoms with Gasteiger partial charge in [0.25, 0.3) is 0 Å². The number of nitrogens with one attached hydrogen (secondary N) is 1. The van der Waals surface area contributed by atoms with E-state index in [1.165, 1.54) is 32.6 Å². The van der Waals surface area contributed by atoms with Gasteiger partial charge in [-0.15, -0.1) is 0 Å². The maximum Gasteiger partial charge on any atom is 0.0107 e. The van der Waals surface area contributed by atoms with Gasteiger partial charge in [-0.05, 0) is 32.5 Å². The van der Waals surface area contributed by atoms with Crippen LogP contribution in [-0.4, -0.2) is 37.6 Å². The molecule has 2 nitrogen and oxygen atoms in total. The largest absolute Gasteiger partial charge is 0.315 e. The summed E-state index contributed by atoms with van der Waals surface area (Å²) >= 11 is 0. The molecular formula is C8H17N2. The van der Waals surface area contributed by atoms with E-state index in [2.05, 4.69) is 17.1 Å². The Balaban J connectivity index is 2.15. The highest BCUT2D eigenvalue weighted by molar-refractivity contribution is 4.65. The Labute approximate surface area is 63.6 Å². The molecule has 0 aromatic heterocycles. The van der Waals surface area contributed by atoms with Gasteiger partial charge in [0.1, 0.15) is 0 Å². The zero-order valence-electron chi connectivity index (χ0n) is 6.60. The monoisotopic (exact) mass is 141 g/mol. The number of hydrogen-bond donors (Lipinski definition) is 1. The highest BCUT2D eigenvalue weighted by Crippen LogP contribution is 1.95. The molecule has 59 valence electrons. The fraction of sp³-hybridized carbons (Fsp3) is 0.875. The maximum atomic E-state index is 3.85. The van der Waals surface area contributed by atoms with Crippen molar-refractivity contribution in [2.75, 3.05) is 32.7 Å². The zero-order valence-corrected chi connectivity index (χ0v) is 6.60. The van der Waals surface area contributed by atoms with Crippen LogP contribution < -0.4 is 5.32 Å². The summed E-state index contributed by atoms with van der Waals surface area (Å²) in [6, 6.07) is 0. The van der Waals surface area contributed by atoms with Crippen molar-refractivity contribution in [1.29, 1.82) is 0 Å². The molecule has 0 bridgehead atoms. The predicted molar refractivity (Wildman–Crippen MR) is 43.9 cm³/mol. The molecule has 0 aromatic rings. The Hall–Kier alpha value is -0.0800. The third kappa shape index (κ3) is 2.67. The van der Waals surface area contributed by atoms with E-state index in [0.717, 1.165) is 13.0 Å². The molecule has 1 radical (unpaired) electrons. The minimum absolute atomic E-state index is 1.04. The van der Waals surface area contributed by atoms with E-state index in [1.807, 2.05) is 0 Å². The third-order valence-electron chi connectivity index (χ3n) is 1.91. The van der Waals surface area contributed by atoms with Gasteiger partial charge in [0.2, 0.25) is 0 Å². The normalized spacial score (nSPS) is 22.5. The summed E-state index contributed by atoms with van der Waals surface area (Å²) in [6.45, 7) is 9.81.